The van der Waals surface area contributed by atoms with Crippen molar-refractivity contribution < 1.29 is 4.52 Å². The number of fused-ring (bicyclic) bond motifs is 6. The second-order valence-corrected chi connectivity index (χ2v) is 7.13. The van der Waals surface area contributed by atoms with E-state index in [0.717, 1.165) is 45.3 Å². The molecule has 1 aromatic carbocycles. The first-order valence-corrected chi connectivity index (χ1v) is 8.85. The summed E-state index contributed by atoms with van der Waals surface area (Å²) in [6, 6.07) is 6.07. The summed E-state index contributed by atoms with van der Waals surface area (Å²) in [6.45, 7) is 0. The average molecular weight is 395 g/mol. The van der Waals surface area contributed by atoms with Crippen molar-refractivity contribution >= 4 is 38.1 Å². The lowest BCUT2D eigenvalue weighted by atomic mass is 10.2. The standard InChI is InChI=1S/C17H11BrN6O/c18-10-2-1-3-11-12(10)15-19-6-7-23(15)17-13(20-8-24(11)17)16-21-14(22-25-16)9-4-5-9/h1-3,6-9H,4-5H2. The molecule has 0 saturated heterocycles. The van der Waals surface area contributed by atoms with Crippen molar-refractivity contribution in [3.8, 4) is 11.6 Å². The molecular weight excluding hydrogens is 384 g/mol. The van der Waals surface area contributed by atoms with Crippen molar-refractivity contribution in [2.45, 2.75) is 18.8 Å². The largest absolute Gasteiger partial charge is 0.332 e. The Morgan fingerprint density at radius 2 is 2.08 bits per heavy atom. The molecule has 6 rings (SSSR count). The van der Waals surface area contributed by atoms with Crippen LogP contribution >= 0.6 is 15.9 Å². The average Bonchev–Trinajstić information content (AvgIpc) is 3.03. The third-order valence-corrected chi connectivity index (χ3v) is 5.33. The predicted molar refractivity (Wildman–Crippen MR) is 94.4 cm³/mol. The summed E-state index contributed by atoms with van der Waals surface area (Å²) in [5.41, 5.74) is 3.41. The fourth-order valence-electron chi connectivity index (χ4n) is 3.33. The molecule has 1 fully saturated rings. The maximum atomic E-state index is 5.50. The Bertz CT molecular complexity index is 1280. The maximum absolute atomic E-state index is 5.50. The molecular formula is C17H11BrN6O. The van der Waals surface area contributed by atoms with Crippen LogP contribution in [0.5, 0.6) is 0 Å². The zero-order chi connectivity index (χ0) is 16.5. The number of nitrogens with zero attached hydrogens (tertiary/aromatic N) is 6. The second-order valence-electron chi connectivity index (χ2n) is 6.27. The number of aromatic nitrogens is 6. The van der Waals surface area contributed by atoms with Crippen molar-refractivity contribution in [1.29, 1.82) is 0 Å². The SMILES string of the molecule is Brc1cccc2c1c1nccn1c1c(-c3nc(C4CC4)no3)ncn21. The van der Waals surface area contributed by atoms with Gasteiger partial charge in [-0.25, -0.2) is 9.97 Å². The summed E-state index contributed by atoms with van der Waals surface area (Å²) in [5, 5.41) is 5.15. The summed E-state index contributed by atoms with van der Waals surface area (Å²) < 4.78 is 10.5. The van der Waals surface area contributed by atoms with Crippen molar-refractivity contribution in [3.05, 3.63) is 47.2 Å². The Morgan fingerprint density at radius 3 is 2.96 bits per heavy atom. The van der Waals surface area contributed by atoms with Gasteiger partial charge in [-0.3, -0.25) is 8.80 Å². The van der Waals surface area contributed by atoms with Crippen LogP contribution in [-0.2, 0) is 0 Å². The van der Waals surface area contributed by atoms with Gasteiger partial charge in [-0.15, -0.1) is 0 Å². The number of rotatable bonds is 2. The topological polar surface area (TPSA) is 73.5 Å². The van der Waals surface area contributed by atoms with Gasteiger partial charge in [-0.1, -0.05) is 11.2 Å². The minimum Gasteiger partial charge on any atom is -0.332 e. The molecule has 7 nitrogen and oxygen atoms in total. The molecule has 0 bridgehead atoms. The molecule has 1 aliphatic rings. The fraction of sp³-hybridized carbons (Fsp3) is 0.176. The lowest BCUT2D eigenvalue weighted by Gasteiger charge is -2.08. The van der Waals surface area contributed by atoms with Crippen LogP contribution in [0.15, 0.2) is 45.9 Å². The summed E-state index contributed by atoms with van der Waals surface area (Å²) >= 11 is 3.64. The minimum atomic E-state index is 0.441. The van der Waals surface area contributed by atoms with E-state index >= 15 is 0 Å². The van der Waals surface area contributed by atoms with Gasteiger partial charge in [0.05, 0.1) is 10.9 Å². The van der Waals surface area contributed by atoms with Gasteiger partial charge < -0.3 is 4.52 Å². The van der Waals surface area contributed by atoms with E-state index in [1.165, 1.54) is 0 Å². The van der Waals surface area contributed by atoms with Crippen molar-refractivity contribution in [2.75, 3.05) is 0 Å². The normalized spacial score (nSPS) is 14.9. The lowest BCUT2D eigenvalue weighted by molar-refractivity contribution is 0.422. The van der Waals surface area contributed by atoms with Gasteiger partial charge in [0.25, 0.3) is 5.89 Å². The number of hydrogen-bond acceptors (Lipinski definition) is 5. The molecule has 25 heavy (non-hydrogen) atoms. The molecule has 8 heteroatoms. The van der Waals surface area contributed by atoms with Crippen molar-refractivity contribution in [3.63, 3.8) is 0 Å². The first kappa shape index (κ1) is 13.5. The van der Waals surface area contributed by atoms with E-state index in [1.54, 1.807) is 12.5 Å². The fourth-order valence-corrected chi connectivity index (χ4v) is 3.86. The first-order valence-electron chi connectivity index (χ1n) is 8.05. The van der Waals surface area contributed by atoms with Crippen LogP contribution in [0.4, 0.5) is 0 Å². The molecule has 122 valence electrons. The highest BCUT2D eigenvalue weighted by Gasteiger charge is 2.30. The molecule has 5 aromatic rings. The van der Waals surface area contributed by atoms with E-state index < -0.39 is 0 Å². The van der Waals surface area contributed by atoms with Crippen molar-refractivity contribution in [2.24, 2.45) is 0 Å². The summed E-state index contributed by atoms with van der Waals surface area (Å²) in [5.74, 6) is 1.67. The molecule has 4 aromatic heterocycles. The molecule has 1 saturated carbocycles. The monoisotopic (exact) mass is 394 g/mol. The Labute approximate surface area is 149 Å². The minimum absolute atomic E-state index is 0.441. The van der Waals surface area contributed by atoms with E-state index in [4.69, 9.17) is 4.52 Å². The third kappa shape index (κ3) is 1.80. The Morgan fingerprint density at radius 1 is 1.16 bits per heavy atom. The number of hydrogen-bond donors (Lipinski definition) is 0. The molecule has 4 heterocycles. The van der Waals surface area contributed by atoms with Gasteiger partial charge in [0, 0.05) is 22.8 Å². The Kier molecular flexibility index (Phi) is 2.53. The molecule has 0 amide bonds. The predicted octanol–water partition coefficient (Wildman–Crippen LogP) is 3.83. The van der Waals surface area contributed by atoms with Gasteiger partial charge in [0.1, 0.15) is 12.0 Å². The van der Waals surface area contributed by atoms with Crippen LogP contribution in [0.3, 0.4) is 0 Å². The zero-order valence-corrected chi connectivity index (χ0v) is 14.5. The van der Waals surface area contributed by atoms with Crippen LogP contribution in [0.2, 0.25) is 0 Å². The number of imidazole rings is 2. The van der Waals surface area contributed by atoms with Crippen LogP contribution in [0, 0.1) is 0 Å². The van der Waals surface area contributed by atoms with E-state index in [1.807, 2.05) is 27.1 Å². The molecule has 0 radical (unpaired) electrons. The van der Waals surface area contributed by atoms with Crippen LogP contribution in [-0.4, -0.2) is 28.9 Å². The van der Waals surface area contributed by atoms with Gasteiger partial charge in [0.2, 0.25) is 0 Å². The highest BCUT2D eigenvalue weighted by atomic mass is 79.9. The van der Waals surface area contributed by atoms with Crippen molar-refractivity contribution in [1.82, 2.24) is 28.9 Å². The summed E-state index contributed by atoms with van der Waals surface area (Å²) in [6.07, 6.45) is 7.77. The van der Waals surface area contributed by atoms with E-state index in [0.29, 0.717) is 17.5 Å². The van der Waals surface area contributed by atoms with Gasteiger partial charge in [0.15, 0.2) is 17.2 Å². The number of halogens is 1. The third-order valence-electron chi connectivity index (χ3n) is 4.67. The summed E-state index contributed by atoms with van der Waals surface area (Å²) in [7, 11) is 0. The maximum Gasteiger partial charge on any atom is 0.280 e. The van der Waals surface area contributed by atoms with Gasteiger partial charge in [-0.2, -0.15) is 4.98 Å². The van der Waals surface area contributed by atoms with Gasteiger partial charge in [-0.05, 0) is 40.9 Å². The van der Waals surface area contributed by atoms with E-state index in [2.05, 4.69) is 42.1 Å². The first-order chi connectivity index (χ1) is 12.3. The zero-order valence-electron chi connectivity index (χ0n) is 12.9. The van der Waals surface area contributed by atoms with E-state index in [-0.39, 0.29) is 0 Å². The summed E-state index contributed by atoms with van der Waals surface area (Å²) in [4.78, 5) is 13.7. The van der Waals surface area contributed by atoms with E-state index in [9.17, 15) is 0 Å². The Hall–Kier alpha value is -2.74. The second kappa shape index (κ2) is 4.66. The lowest BCUT2D eigenvalue weighted by Crippen LogP contribution is -1.97. The van der Waals surface area contributed by atoms with Crippen LogP contribution in [0.1, 0.15) is 24.6 Å². The quantitative estimate of drug-likeness (QED) is 0.454. The van der Waals surface area contributed by atoms with Crippen LogP contribution in [0.25, 0.3) is 33.8 Å². The molecule has 0 unspecified atom stereocenters. The Balaban J connectivity index is 1.74. The van der Waals surface area contributed by atoms with Crippen LogP contribution < -0.4 is 0 Å². The molecule has 0 spiro atoms. The molecule has 0 atom stereocenters. The number of benzene rings is 1. The molecule has 0 N–H and O–H groups in total. The highest BCUT2D eigenvalue weighted by molar-refractivity contribution is 9.10. The smallest absolute Gasteiger partial charge is 0.280 e. The molecule has 0 aliphatic heterocycles. The van der Waals surface area contributed by atoms with Gasteiger partial charge >= 0.3 is 0 Å². The molecule has 1 aliphatic carbocycles. The highest BCUT2D eigenvalue weighted by Crippen LogP contribution is 2.39.